The molecular weight excluding hydrogens is 341 g/mol. The summed E-state index contributed by atoms with van der Waals surface area (Å²) in [7, 11) is -5.73. The Bertz CT molecular complexity index is 820. The molecule has 24 heavy (non-hydrogen) atoms. The zero-order chi connectivity index (χ0) is 18.2. The van der Waals surface area contributed by atoms with Crippen LogP contribution in [0.3, 0.4) is 0 Å². The number of rotatable bonds is 3. The van der Waals surface area contributed by atoms with Gasteiger partial charge in [0.1, 0.15) is 0 Å². The summed E-state index contributed by atoms with van der Waals surface area (Å²) in [4.78, 5) is 0. The van der Waals surface area contributed by atoms with Gasteiger partial charge in [0.25, 0.3) is 0 Å². The molecule has 0 bridgehead atoms. The predicted octanol–water partition coefficient (Wildman–Crippen LogP) is 4.88. The number of hydrogen-bond donors (Lipinski definition) is 0. The van der Waals surface area contributed by atoms with Crippen molar-refractivity contribution in [3.05, 3.63) is 54.1 Å². The largest absolute Gasteiger partial charge is 0.534 e. The number of halogens is 3. The van der Waals surface area contributed by atoms with Crippen molar-refractivity contribution in [3.8, 4) is 16.9 Å². The van der Waals surface area contributed by atoms with Gasteiger partial charge in [-0.2, -0.15) is 21.6 Å². The van der Waals surface area contributed by atoms with E-state index in [1.54, 1.807) is 42.5 Å². The lowest BCUT2D eigenvalue weighted by Crippen LogP contribution is -2.28. The molecule has 0 radical (unpaired) electrons. The van der Waals surface area contributed by atoms with Gasteiger partial charge in [-0.3, -0.25) is 0 Å². The second-order valence-electron chi connectivity index (χ2n) is 6.31. The summed E-state index contributed by atoms with van der Waals surface area (Å²) in [5.74, 6) is -0.355. The van der Waals surface area contributed by atoms with Crippen LogP contribution >= 0.6 is 0 Å². The van der Waals surface area contributed by atoms with E-state index in [2.05, 4.69) is 4.18 Å². The molecule has 0 aliphatic carbocycles. The van der Waals surface area contributed by atoms with Crippen LogP contribution < -0.4 is 4.18 Å². The monoisotopic (exact) mass is 358 g/mol. The minimum Gasteiger partial charge on any atom is -0.375 e. The second kappa shape index (κ2) is 6.12. The molecular formula is C17H17F3O3S. The standard InChI is InChI=1S/C17H17F3O3S/c1-16(2,3)13-9-10-15(23-24(21,22)17(18,19)20)14(11-13)12-7-5-4-6-8-12/h4-11H,1-3H3. The summed E-state index contributed by atoms with van der Waals surface area (Å²) in [6, 6.07) is 13.0. The van der Waals surface area contributed by atoms with Crippen molar-refractivity contribution in [2.75, 3.05) is 0 Å². The summed E-state index contributed by atoms with van der Waals surface area (Å²) < 4.78 is 64.9. The molecule has 0 unspecified atom stereocenters. The molecule has 0 atom stereocenters. The van der Waals surface area contributed by atoms with Crippen LogP contribution in [0.4, 0.5) is 13.2 Å². The highest BCUT2D eigenvalue weighted by Gasteiger charge is 2.48. The molecule has 2 aromatic rings. The third kappa shape index (κ3) is 3.90. The Labute approximate surface area is 139 Å². The van der Waals surface area contributed by atoms with Crippen LogP contribution in [0, 0.1) is 0 Å². The third-order valence-electron chi connectivity index (χ3n) is 3.41. The Hall–Kier alpha value is -2.02. The van der Waals surface area contributed by atoms with E-state index in [0.717, 1.165) is 5.56 Å². The minimum absolute atomic E-state index is 0.259. The molecule has 0 fully saturated rings. The highest BCUT2D eigenvalue weighted by atomic mass is 32.2. The second-order valence-corrected chi connectivity index (χ2v) is 7.85. The summed E-state index contributed by atoms with van der Waals surface area (Å²) in [6.45, 7) is 5.85. The van der Waals surface area contributed by atoms with E-state index in [4.69, 9.17) is 0 Å². The molecule has 7 heteroatoms. The fourth-order valence-electron chi connectivity index (χ4n) is 2.08. The van der Waals surface area contributed by atoms with Crippen LogP contribution in [0.5, 0.6) is 5.75 Å². The Balaban J connectivity index is 2.60. The number of benzene rings is 2. The molecule has 0 spiro atoms. The molecule has 0 saturated carbocycles. The maximum Gasteiger partial charge on any atom is 0.534 e. The summed E-state index contributed by atoms with van der Waals surface area (Å²) in [5.41, 5.74) is -4.04. The van der Waals surface area contributed by atoms with Crippen LogP contribution in [0.25, 0.3) is 11.1 Å². The van der Waals surface area contributed by atoms with Gasteiger partial charge in [-0.05, 0) is 28.7 Å². The minimum atomic E-state index is -5.73. The summed E-state index contributed by atoms with van der Waals surface area (Å²) in [5, 5.41) is 0. The van der Waals surface area contributed by atoms with E-state index >= 15 is 0 Å². The van der Waals surface area contributed by atoms with E-state index in [0.29, 0.717) is 5.56 Å². The molecule has 0 N–H and O–H groups in total. The van der Waals surface area contributed by atoms with Gasteiger partial charge in [0.2, 0.25) is 0 Å². The lowest BCUT2D eigenvalue weighted by atomic mass is 9.85. The van der Waals surface area contributed by atoms with Crippen LogP contribution in [-0.4, -0.2) is 13.9 Å². The van der Waals surface area contributed by atoms with Crippen LogP contribution in [0.2, 0.25) is 0 Å². The van der Waals surface area contributed by atoms with Crippen molar-refractivity contribution in [1.29, 1.82) is 0 Å². The molecule has 0 aromatic heterocycles. The molecule has 2 aromatic carbocycles. The van der Waals surface area contributed by atoms with Crippen molar-refractivity contribution >= 4 is 10.1 Å². The molecule has 0 aliphatic rings. The van der Waals surface area contributed by atoms with Crippen LogP contribution in [0.1, 0.15) is 26.3 Å². The van der Waals surface area contributed by atoms with Crippen LogP contribution in [0.15, 0.2) is 48.5 Å². The average Bonchev–Trinajstić information content (AvgIpc) is 2.46. The summed E-state index contributed by atoms with van der Waals surface area (Å²) in [6.07, 6.45) is 0. The zero-order valence-electron chi connectivity index (χ0n) is 13.4. The van der Waals surface area contributed by atoms with E-state index in [-0.39, 0.29) is 16.7 Å². The van der Waals surface area contributed by atoms with Crippen molar-refractivity contribution < 1.29 is 25.8 Å². The Morgan fingerprint density at radius 1 is 0.917 bits per heavy atom. The Kier molecular flexibility index (Phi) is 4.68. The van der Waals surface area contributed by atoms with Gasteiger partial charge in [0.05, 0.1) is 0 Å². The van der Waals surface area contributed by atoms with Gasteiger partial charge >= 0.3 is 15.6 Å². The number of hydrogen-bond acceptors (Lipinski definition) is 3. The maximum atomic E-state index is 12.6. The fourth-order valence-corrected chi connectivity index (χ4v) is 2.55. The molecule has 0 saturated heterocycles. The third-order valence-corrected chi connectivity index (χ3v) is 4.38. The van der Waals surface area contributed by atoms with Crippen molar-refractivity contribution in [3.63, 3.8) is 0 Å². The van der Waals surface area contributed by atoms with Gasteiger partial charge in [0, 0.05) is 5.56 Å². The predicted molar refractivity (Wildman–Crippen MR) is 86.2 cm³/mol. The zero-order valence-corrected chi connectivity index (χ0v) is 14.2. The fraction of sp³-hybridized carbons (Fsp3) is 0.294. The number of alkyl halides is 3. The molecule has 0 aliphatic heterocycles. The normalized spacial score (nSPS) is 12.9. The van der Waals surface area contributed by atoms with Gasteiger partial charge in [0.15, 0.2) is 5.75 Å². The van der Waals surface area contributed by atoms with Crippen molar-refractivity contribution in [2.24, 2.45) is 0 Å². The van der Waals surface area contributed by atoms with Gasteiger partial charge in [-0.25, -0.2) is 0 Å². The van der Waals surface area contributed by atoms with E-state index in [9.17, 15) is 21.6 Å². The topological polar surface area (TPSA) is 43.4 Å². The van der Waals surface area contributed by atoms with Gasteiger partial charge in [-0.1, -0.05) is 57.2 Å². The first-order valence-corrected chi connectivity index (χ1v) is 8.53. The SMILES string of the molecule is CC(C)(C)c1ccc(OS(=O)(=O)C(F)(F)F)c(-c2ccccc2)c1. The molecule has 130 valence electrons. The first kappa shape index (κ1) is 18.3. The van der Waals surface area contributed by atoms with Crippen molar-refractivity contribution in [2.45, 2.75) is 31.7 Å². The Morgan fingerprint density at radius 2 is 1.50 bits per heavy atom. The molecule has 0 amide bonds. The van der Waals surface area contributed by atoms with E-state index in [1.807, 2.05) is 20.8 Å². The van der Waals surface area contributed by atoms with Gasteiger partial charge < -0.3 is 4.18 Å². The summed E-state index contributed by atoms with van der Waals surface area (Å²) >= 11 is 0. The first-order valence-electron chi connectivity index (χ1n) is 7.12. The highest BCUT2D eigenvalue weighted by molar-refractivity contribution is 7.88. The molecule has 0 heterocycles. The highest BCUT2D eigenvalue weighted by Crippen LogP contribution is 2.37. The quantitative estimate of drug-likeness (QED) is 0.580. The van der Waals surface area contributed by atoms with E-state index in [1.165, 1.54) is 6.07 Å². The van der Waals surface area contributed by atoms with Crippen LogP contribution in [-0.2, 0) is 15.5 Å². The van der Waals surface area contributed by atoms with Gasteiger partial charge in [-0.15, -0.1) is 0 Å². The molecule has 3 nitrogen and oxygen atoms in total. The van der Waals surface area contributed by atoms with E-state index < -0.39 is 15.6 Å². The lowest BCUT2D eigenvalue weighted by molar-refractivity contribution is -0.0499. The van der Waals surface area contributed by atoms with Crippen molar-refractivity contribution in [1.82, 2.24) is 0 Å². The lowest BCUT2D eigenvalue weighted by Gasteiger charge is -2.21. The average molecular weight is 358 g/mol. The smallest absolute Gasteiger partial charge is 0.375 e. The maximum absolute atomic E-state index is 12.6. The molecule has 2 rings (SSSR count). The Morgan fingerprint density at radius 3 is 2.00 bits per heavy atom. The first-order chi connectivity index (χ1) is 10.9.